The van der Waals surface area contributed by atoms with Crippen molar-refractivity contribution in [1.29, 1.82) is 0 Å². The lowest BCUT2D eigenvalue weighted by atomic mass is 10.1. The fraction of sp³-hybridized carbons (Fsp3) is 0.636. The lowest BCUT2D eigenvalue weighted by Crippen LogP contribution is -2.31. The molecule has 1 saturated carbocycles. The molecule has 1 fully saturated rings. The van der Waals surface area contributed by atoms with Gasteiger partial charge in [0.2, 0.25) is 0 Å². The number of rotatable bonds is 4. The highest BCUT2D eigenvalue weighted by molar-refractivity contribution is 14.1. The van der Waals surface area contributed by atoms with Gasteiger partial charge in [0.05, 0.1) is 6.33 Å². The molecule has 1 aromatic heterocycles. The van der Waals surface area contributed by atoms with E-state index in [-0.39, 0.29) is 5.56 Å². The van der Waals surface area contributed by atoms with Gasteiger partial charge in [0, 0.05) is 11.3 Å². The second-order valence-corrected chi connectivity index (χ2v) is 6.70. The van der Waals surface area contributed by atoms with Crippen LogP contribution in [0.1, 0.15) is 25.7 Å². The summed E-state index contributed by atoms with van der Waals surface area (Å²) in [6.07, 6.45) is 8.74. The highest BCUT2D eigenvalue weighted by atomic mass is 127. The highest BCUT2D eigenvalue weighted by Gasteiger charge is 2.32. The number of nitrogens with zero attached hydrogens (tertiary/aromatic N) is 1. The molecule has 0 amide bonds. The molecule has 94 valence electrons. The number of H-pyrrole nitrogens is 1. The number of aromatic nitrogens is 2. The quantitative estimate of drug-likeness (QED) is 0.805. The van der Waals surface area contributed by atoms with Crippen LogP contribution in [0.5, 0.6) is 0 Å². The zero-order valence-electron chi connectivity index (χ0n) is 9.75. The van der Waals surface area contributed by atoms with Crippen molar-refractivity contribution in [3.8, 4) is 0 Å². The standard InChI is InChI=1S/C11H16IN3OS/c1-17-11(4-2-3-5-11)6-13-9-8(12)10(16)15-7-14-9/h7H,2-6H2,1H3,(H2,13,14,15,16). The molecular weight excluding hydrogens is 349 g/mol. The molecule has 0 bridgehead atoms. The first-order valence-corrected chi connectivity index (χ1v) is 7.99. The largest absolute Gasteiger partial charge is 0.368 e. The van der Waals surface area contributed by atoms with Gasteiger partial charge < -0.3 is 10.3 Å². The van der Waals surface area contributed by atoms with Gasteiger partial charge in [-0.2, -0.15) is 11.8 Å². The topological polar surface area (TPSA) is 57.8 Å². The smallest absolute Gasteiger partial charge is 0.266 e. The van der Waals surface area contributed by atoms with Crippen LogP contribution in [0.25, 0.3) is 0 Å². The summed E-state index contributed by atoms with van der Waals surface area (Å²) >= 11 is 3.96. The minimum atomic E-state index is -0.0762. The van der Waals surface area contributed by atoms with E-state index < -0.39 is 0 Å². The number of aromatic amines is 1. The summed E-state index contributed by atoms with van der Waals surface area (Å²) < 4.78 is 0.965. The summed E-state index contributed by atoms with van der Waals surface area (Å²) in [7, 11) is 0. The summed E-state index contributed by atoms with van der Waals surface area (Å²) in [5.41, 5.74) is -0.0762. The number of halogens is 1. The van der Waals surface area contributed by atoms with E-state index in [0.29, 0.717) is 14.1 Å². The Morgan fingerprint density at radius 1 is 1.59 bits per heavy atom. The Labute approximate surface area is 119 Å². The number of hydrogen-bond donors (Lipinski definition) is 2. The zero-order valence-corrected chi connectivity index (χ0v) is 12.7. The molecule has 0 aliphatic heterocycles. The van der Waals surface area contributed by atoms with Crippen LogP contribution < -0.4 is 10.9 Å². The Hall–Kier alpha value is -0.240. The molecule has 1 aromatic rings. The maximum Gasteiger partial charge on any atom is 0.266 e. The summed E-state index contributed by atoms with van der Waals surface area (Å²) in [6.45, 7) is 0.890. The van der Waals surface area contributed by atoms with Gasteiger partial charge in [0.25, 0.3) is 5.56 Å². The van der Waals surface area contributed by atoms with Crippen LogP contribution in [0.2, 0.25) is 0 Å². The van der Waals surface area contributed by atoms with Crippen molar-refractivity contribution < 1.29 is 0 Å². The minimum Gasteiger partial charge on any atom is -0.368 e. The van der Waals surface area contributed by atoms with Crippen LogP contribution in [0, 0.1) is 3.57 Å². The van der Waals surface area contributed by atoms with E-state index in [2.05, 4.69) is 21.5 Å². The molecule has 6 heteroatoms. The third-order valence-corrected chi connectivity index (χ3v) is 5.74. The molecule has 0 aromatic carbocycles. The summed E-state index contributed by atoms with van der Waals surface area (Å²) in [5, 5.41) is 3.33. The van der Waals surface area contributed by atoms with Gasteiger partial charge in [0.1, 0.15) is 9.39 Å². The summed E-state index contributed by atoms with van der Waals surface area (Å²) in [5.74, 6) is 0.703. The van der Waals surface area contributed by atoms with Crippen molar-refractivity contribution in [3.05, 3.63) is 20.3 Å². The van der Waals surface area contributed by atoms with Crippen LogP contribution in [0.15, 0.2) is 11.1 Å². The lowest BCUT2D eigenvalue weighted by molar-refractivity contribution is 0.638. The number of nitrogens with one attached hydrogen (secondary N) is 2. The first-order chi connectivity index (χ1) is 8.17. The van der Waals surface area contributed by atoms with Gasteiger partial charge >= 0.3 is 0 Å². The molecule has 0 unspecified atom stereocenters. The van der Waals surface area contributed by atoms with Crippen LogP contribution in [0.3, 0.4) is 0 Å². The Morgan fingerprint density at radius 3 is 2.94 bits per heavy atom. The summed E-state index contributed by atoms with van der Waals surface area (Å²) in [6, 6.07) is 0. The molecule has 17 heavy (non-hydrogen) atoms. The van der Waals surface area contributed by atoms with E-state index in [1.54, 1.807) is 0 Å². The Morgan fingerprint density at radius 2 is 2.29 bits per heavy atom. The van der Waals surface area contributed by atoms with Gasteiger partial charge in [-0.3, -0.25) is 4.79 Å². The third-order valence-electron chi connectivity index (χ3n) is 3.32. The van der Waals surface area contributed by atoms with Crippen LogP contribution in [0.4, 0.5) is 5.82 Å². The van der Waals surface area contributed by atoms with Crippen LogP contribution in [-0.4, -0.2) is 27.5 Å². The van der Waals surface area contributed by atoms with Crippen LogP contribution in [-0.2, 0) is 0 Å². The Kier molecular flexibility index (Phi) is 4.35. The molecule has 1 aliphatic carbocycles. The van der Waals surface area contributed by atoms with E-state index in [1.165, 1.54) is 32.0 Å². The fourth-order valence-electron chi connectivity index (χ4n) is 2.22. The SMILES string of the molecule is CSC1(CNc2nc[nH]c(=O)c2I)CCCC1. The molecule has 2 rings (SSSR count). The first kappa shape index (κ1) is 13.2. The van der Waals surface area contributed by atoms with Gasteiger partial charge in [-0.05, 0) is 41.7 Å². The molecule has 2 N–H and O–H groups in total. The zero-order chi connectivity index (χ0) is 12.3. The Balaban J connectivity index is 2.06. The van der Waals surface area contributed by atoms with Crippen molar-refractivity contribution >= 4 is 40.2 Å². The first-order valence-electron chi connectivity index (χ1n) is 5.69. The second-order valence-electron chi connectivity index (χ2n) is 4.34. The van der Waals surface area contributed by atoms with Crippen molar-refractivity contribution in [2.45, 2.75) is 30.4 Å². The van der Waals surface area contributed by atoms with Gasteiger partial charge in [-0.25, -0.2) is 4.98 Å². The van der Waals surface area contributed by atoms with Gasteiger partial charge in [-0.1, -0.05) is 12.8 Å². The average molecular weight is 365 g/mol. The van der Waals surface area contributed by atoms with Crippen molar-refractivity contribution in [2.75, 3.05) is 18.1 Å². The predicted molar refractivity (Wildman–Crippen MR) is 80.8 cm³/mol. The van der Waals surface area contributed by atoms with Crippen molar-refractivity contribution in [2.24, 2.45) is 0 Å². The molecule has 0 radical (unpaired) electrons. The molecule has 0 atom stereocenters. The molecule has 4 nitrogen and oxygen atoms in total. The Bertz CT molecular complexity index is 443. The monoisotopic (exact) mass is 365 g/mol. The van der Waals surface area contributed by atoms with Crippen molar-refractivity contribution in [1.82, 2.24) is 9.97 Å². The van der Waals surface area contributed by atoms with E-state index in [4.69, 9.17) is 0 Å². The average Bonchev–Trinajstić information content (AvgIpc) is 2.81. The van der Waals surface area contributed by atoms with Crippen molar-refractivity contribution in [3.63, 3.8) is 0 Å². The minimum absolute atomic E-state index is 0.0762. The molecule has 1 aliphatic rings. The number of hydrogen-bond acceptors (Lipinski definition) is 4. The predicted octanol–water partition coefficient (Wildman–Crippen LogP) is 2.46. The molecule has 0 saturated heterocycles. The molecule has 1 heterocycles. The van der Waals surface area contributed by atoms with E-state index >= 15 is 0 Å². The fourth-order valence-corrected chi connectivity index (χ4v) is 3.62. The maximum atomic E-state index is 11.4. The van der Waals surface area contributed by atoms with Gasteiger partial charge in [0.15, 0.2) is 0 Å². The number of thioether (sulfide) groups is 1. The van der Waals surface area contributed by atoms with Crippen LogP contribution >= 0.6 is 34.4 Å². The van der Waals surface area contributed by atoms with E-state index in [9.17, 15) is 4.79 Å². The summed E-state index contributed by atoms with van der Waals surface area (Å²) in [4.78, 5) is 18.2. The molecule has 0 spiro atoms. The molecular formula is C11H16IN3OS. The lowest BCUT2D eigenvalue weighted by Gasteiger charge is -2.27. The van der Waals surface area contributed by atoms with E-state index in [0.717, 1.165) is 6.54 Å². The second kappa shape index (κ2) is 5.60. The van der Waals surface area contributed by atoms with Gasteiger partial charge in [-0.15, -0.1) is 0 Å². The normalized spacial score (nSPS) is 18.2. The maximum absolute atomic E-state index is 11.4. The highest BCUT2D eigenvalue weighted by Crippen LogP contribution is 2.40. The third kappa shape index (κ3) is 2.96. The van der Waals surface area contributed by atoms with E-state index in [1.807, 2.05) is 34.4 Å². The number of anilines is 1.